The lowest BCUT2D eigenvalue weighted by atomic mass is 10.0. The minimum atomic E-state index is -3.66. The summed E-state index contributed by atoms with van der Waals surface area (Å²) in [7, 11) is -3.66. The van der Waals surface area contributed by atoms with Crippen LogP contribution in [0.3, 0.4) is 0 Å². The maximum Gasteiger partial charge on any atom is 0.206 e. The molecular formula is C16H14FNO2S. The van der Waals surface area contributed by atoms with Crippen molar-refractivity contribution < 1.29 is 12.8 Å². The standard InChI is InChI=1S/C16H14FNO2S/c1-16(2,17)13-5-9-15(10-6-13)21(19,20)14-7-3-12(11-18)4-8-14/h3-10H,1-2H3. The Morgan fingerprint density at radius 3 is 1.76 bits per heavy atom. The predicted octanol–water partition coefficient (Wildman–Crippen LogP) is 3.60. The van der Waals surface area contributed by atoms with Crippen LogP contribution >= 0.6 is 0 Å². The minimum Gasteiger partial charge on any atom is -0.239 e. The van der Waals surface area contributed by atoms with Crippen molar-refractivity contribution in [3.8, 4) is 6.07 Å². The molecule has 0 N–H and O–H groups in total. The molecule has 0 saturated heterocycles. The van der Waals surface area contributed by atoms with Crippen LogP contribution in [0.5, 0.6) is 0 Å². The van der Waals surface area contributed by atoms with Crippen LogP contribution < -0.4 is 0 Å². The van der Waals surface area contributed by atoms with Gasteiger partial charge in [-0.3, -0.25) is 0 Å². The van der Waals surface area contributed by atoms with Crippen LogP contribution in [0.2, 0.25) is 0 Å². The average Bonchev–Trinajstić information content (AvgIpc) is 2.46. The molecule has 0 atom stereocenters. The predicted molar refractivity (Wildman–Crippen MR) is 77.2 cm³/mol. The van der Waals surface area contributed by atoms with Crippen molar-refractivity contribution >= 4 is 9.84 Å². The second kappa shape index (κ2) is 5.30. The molecular weight excluding hydrogens is 289 g/mol. The fraction of sp³-hybridized carbons (Fsp3) is 0.188. The van der Waals surface area contributed by atoms with Crippen LogP contribution in [0.15, 0.2) is 58.3 Å². The van der Waals surface area contributed by atoms with Gasteiger partial charge < -0.3 is 0 Å². The highest BCUT2D eigenvalue weighted by atomic mass is 32.2. The van der Waals surface area contributed by atoms with E-state index >= 15 is 0 Å². The third-order valence-electron chi connectivity index (χ3n) is 3.14. The summed E-state index contributed by atoms with van der Waals surface area (Å²) < 4.78 is 38.6. The van der Waals surface area contributed by atoms with Crippen molar-refractivity contribution in [1.29, 1.82) is 5.26 Å². The first-order valence-electron chi connectivity index (χ1n) is 6.30. The molecule has 0 saturated carbocycles. The zero-order valence-corrected chi connectivity index (χ0v) is 12.5. The van der Waals surface area contributed by atoms with Crippen molar-refractivity contribution in [3.05, 3.63) is 59.7 Å². The number of nitriles is 1. The normalized spacial score (nSPS) is 11.9. The van der Waals surface area contributed by atoms with Crippen molar-refractivity contribution in [2.75, 3.05) is 0 Å². The first kappa shape index (κ1) is 15.2. The fourth-order valence-electron chi connectivity index (χ4n) is 1.88. The third kappa shape index (κ3) is 3.11. The molecule has 0 spiro atoms. The lowest BCUT2D eigenvalue weighted by molar-refractivity contribution is 0.221. The van der Waals surface area contributed by atoms with Gasteiger partial charge in [0.2, 0.25) is 9.84 Å². The average molecular weight is 303 g/mol. The molecule has 3 nitrogen and oxygen atoms in total. The highest BCUT2D eigenvalue weighted by molar-refractivity contribution is 7.91. The molecule has 0 unspecified atom stereocenters. The molecule has 108 valence electrons. The minimum absolute atomic E-state index is 0.0974. The molecule has 21 heavy (non-hydrogen) atoms. The zero-order chi connectivity index (χ0) is 15.7. The van der Waals surface area contributed by atoms with Gasteiger partial charge in [-0.15, -0.1) is 0 Å². The number of halogens is 1. The summed E-state index contributed by atoms with van der Waals surface area (Å²) in [5.74, 6) is 0. The van der Waals surface area contributed by atoms with Crippen LogP contribution in [0.4, 0.5) is 4.39 Å². The topological polar surface area (TPSA) is 57.9 Å². The first-order valence-corrected chi connectivity index (χ1v) is 7.78. The molecule has 0 heterocycles. The maximum absolute atomic E-state index is 13.8. The van der Waals surface area contributed by atoms with Crippen molar-refractivity contribution in [2.45, 2.75) is 29.3 Å². The Morgan fingerprint density at radius 2 is 1.38 bits per heavy atom. The Hall–Kier alpha value is -2.19. The monoisotopic (exact) mass is 303 g/mol. The van der Waals surface area contributed by atoms with E-state index in [1.165, 1.54) is 62.4 Å². The molecule has 0 aliphatic carbocycles. The summed E-state index contributed by atoms with van der Waals surface area (Å²) >= 11 is 0. The molecule has 0 bridgehead atoms. The quantitative estimate of drug-likeness (QED) is 0.870. The van der Waals surface area contributed by atoms with Gasteiger partial charge in [-0.1, -0.05) is 12.1 Å². The number of alkyl halides is 1. The molecule has 0 fully saturated rings. The summed E-state index contributed by atoms with van der Waals surface area (Å²) in [4.78, 5) is 0.203. The van der Waals surface area contributed by atoms with Gasteiger partial charge in [-0.25, -0.2) is 12.8 Å². The molecule has 0 aliphatic rings. The van der Waals surface area contributed by atoms with Crippen LogP contribution in [-0.2, 0) is 15.5 Å². The Kier molecular flexibility index (Phi) is 3.84. The van der Waals surface area contributed by atoms with E-state index in [9.17, 15) is 12.8 Å². The van der Waals surface area contributed by atoms with Crippen LogP contribution in [0.1, 0.15) is 25.0 Å². The zero-order valence-electron chi connectivity index (χ0n) is 11.7. The summed E-state index contributed by atoms with van der Waals surface area (Å²) in [6.45, 7) is 2.83. The van der Waals surface area contributed by atoms with Gasteiger partial charge in [0.15, 0.2) is 0 Å². The van der Waals surface area contributed by atoms with E-state index in [4.69, 9.17) is 5.26 Å². The summed E-state index contributed by atoms with van der Waals surface area (Å²) in [5, 5.41) is 8.72. The summed E-state index contributed by atoms with van der Waals surface area (Å²) in [6.07, 6.45) is 0. The SMILES string of the molecule is CC(C)(F)c1ccc(S(=O)(=O)c2ccc(C#N)cc2)cc1. The molecule has 2 aromatic carbocycles. The van der Waals surface area contributed by atoms with Crippen molar-refractivity contribution in [2.24, 2.45) is 0 Å². The van der Waals surface area contributed by atoms with Gasteiger partial charge in [0.25, 0.3) is 0 Å². The van der Waals surface area contributed by atoms with Gasteiger partial charge in [0.05, 0.1) is 21.4 Å². The van der Waals surface area contributed by atoms with E-state index < -0.39 is 15.5 Å². The van der Waals surface area contributed by atoms with Gasteiger partial charge in [-0.05, 0) is 55.8 Å². The largest absolute Gasteiger partial charge is 0.239 e. The van der Waals surface area contributed by atoms with Gasteiger partial charge in [0.1, 0.15) is 5.67 Å². The molecule has 0 aliphatic heterocycles. The number of hydrogen-bond acceptors (Lipinski definition) is 3. The van der Waals surface area contributed by atoms with Crippen LogP contribution in [0, 0.1) is 11.3 Å². The van der Waals surface area contributed by atoms with E-state index in [-0.39, 0.29) is 9.79 Å². The lowest BCUT2D eigenvalue weighted by Gasteiger charge is -2.15. The van der Waals surface area contributed by atoms with Crippen LogP contribution in [-0.4, -0.2) is 8.42 Å². The van der Waals surface area contributed by atoms with E-state index in [0.717, 1.165) is 0 Å². The Labute approximate surface area is 123 Å². The first-order chi connectivity index (χ1) is 9.75. The number of sulfone groups is 1. The van der Waals surface area contributed by atoms with Crippen molar-refractivity contribution in [3.63, 3.8) is 0 Å². The Morgan fingerprint density at radius 1 is 0.952 bits per heavy atom. The van der Waals surface area contributed by atoms with E-state index in [0.29, 0.717) is 11.1 Å². The smallest absolute Gasteiger partial charge is 0.206 e. The summed E-state index contributed by atoms with van der Waals surface area (Å²) in [5.41, 5.74) is -0.707. The van der Waals surface area contributed by atoms with Gasteiger partial charge in [0, 0.05) is 0 Å². The molecule has 2 aromatic rings. The molecule has 0 aromatic heterocycles. The number of rotatable bonds is 3. The summed E-state index contributed by atoms with van der Waals surface area (Å²) in [6, 6.07) is 13.3. The van der Waals surface area contributed by atoms with Gasteiger partial charge >= 0.3 is 0 Å². The lowest BCUT2D eigenvalue weighted by Crippen LogP contribution is -2.09. The number of nitrogens with zero attached hydrogens (tertiary/aromatic N) is 1. The van der Waals surface area contributed by atoms with Crippen molar-refractivity contribution in [1.82, 2.24) is 0 Å². The van der Waals surface area contributed by atoms with E-state index in [1.54, 1.807) is 0 Å². The maximum atomic E-state index is 13.8. The van der Waals surface area contributed by atoms with E-state index in [2.05, 4.69) is 0 Å². The highest BCUT2D eigenvalue weighted by Gasteiger charge is 2.21. The van der Waals surface area contributed by atoms with Crippen LogP contribution in [0.25, 0.3) is 0 Å². The molecule has 2 rings (SSSR count). The number of hydrogen-bond donors (Lipinski definition) is 0. The molecule has 0 radical (unpaired) electrons. The number of benzene rings is 2. The van der Waals surface area contributed by atoms with Gasteiger partial charge in [-0.2, -0.15) is 5.26 Å². The fourth-order valence-corrected chi connectivity index (χ4v) is 3.14. The van der Waals surface area contributed by atoms with E-state index in [1.807, 2.05) is 6.07 Å². The second-order valence-corrected chi connectivity index (χ2v) is 7.09. The Bertz CT molecular complexity index is 780. The highest BCUT2D eigenvalue weighted by Crippen LogP contribution is 2.27. The second-order valence-electron chi connectivity index (χ2n) is 5.14. The Balaban J connectivity index is 2.42. The molecule has 5 heteroatoms. The third-order valence-corrected chi connectivity index (χ3v) is 4.93. The molecule has 0 amide bonds.